The quantitative estimate of drug-likeness (QED) is 0.398. The summed E-state index contributed by atoms with van der Waals surface area (Å²) in [5.74, 6) is 3.45. The molecular weight excluding hydrogens is 416 g/mol. The van der Waals surface area contributed by atoms with E-state index in [1.165, 1.54) is 32.1 Å². The molecule has 34 heavy (non-hydrogen) atoms. The van der Waals surface area contributed by atoms with Gasteiger partial charge in [0.1, 0.15) is 0 Å². The zero-order chi connectivity index (χ0) is 25.5. The van der Waals surface area contributed by atoms with Gasteiger partial charge in [-0.3, -0.25) is 0 Å². The van der Waals surface area contributed by atoms with Crippen molar-refractivity contribution in [3.8, 4) is 0 Å². The average Bonchev–Trinajstić information content (AvgIpc) is 2.99. The Morgan fingerprint density at radius 3 is 2.26 bits per heavy atom. The van der Waals surface area contributed by atoms with Crippen LogP contribution in [0.5, 0.6) is 0 Å². The zero-order valence-electron chi connectivity index (χ0n) is 24.2. The number of aliphatic hydroxyl groups is 2. The first-order valence-electron chi connectivity index (χ1n) is 14.6. The second-order valence-electron chi connectivity index (χ2n) is 15.4. The van der Waals surface area contributed by atoms with Crippen LogP contribution in [0.2, 0.25) is 0 Å². The van der Waals surface area contributed by atoms with Crippen LogP contribution >= 0.6 is 0 Å². The van der Waals surface area contributed by atoms with Gasteiger partial charge in [-0.05, 0) is 111 Å². The number of fused-ring (bicyclic) bond motifs is 5. The average molecular weight is 473 g/mol. The first kappa shape index (κ1) is 26.7. The third kappa shape index (κ3) is 3.62. The Kier molecular flexibility index (Phi) is 6.55. The van der Waals surface area contributed by atoms with Crippen molar-refractivity contribution in [1.82, 2.24) is 0 Å². The molecule has 4 aliphatic rings. The SMILES string of the molecule is CC(CCC(C)C(C)(C)O)C1CC[C@@]2(C)C3CC=C4C(CC[C@H](C)C4(C)C)C3(C)[C@H](O)CC12C. The van der Waals surface area contributed by atoms with Crippen molar-refractivity contribution < 1.29 is 10.2 Å². The van der Waals surface area contributed by atoms with Gasteiger partial charge in [-0.2, -0.15) is 0 Å². The van der Waals surface area contributed by atoms with Gasteiger partial charge >= 0.3 is 0 Å². The Bertz CT molecular complexity index is 804. The van der Waals surface area contributed by atoms with Crippen LogP contribution in [0.25, 0.3) is 0 Å². The van der Waals surface area contributed by atoms with E-state index in [4.69, 9.17) is 0 Å². The van der Waals surface area contributed by atoms with E-state index in [1.54, 1.807) is 5.57 Å². The lowest BCUT2D eigenvalue weighted by Crippen LogP contribution is -2.64. The fourth-order valence-electron chi connectivity index (χ4n) is 9.91. The molecule has 7 unspecified atom stereocenters. The molecule has 0 aliphatic heterocycles. The topological polar surface area (TPSA) is 40.5 Å². The van der Waals surface area contributed by atoms with Crippen molar-refractivity contribution in [3.05, 3.63) is 11.6 Å². The molecule has 0 bridgehead atoms. The number of allylic oxidation sites excluding steroid dienone is 2. The molecule has 0 aromatic heterocycles. The number of aliphatic hydroxyl groups excluding tert-OH is 1. The third-order valence-corrected chi connectivity index (χ3v) is 13.5. The summed E-state index contributed by atoms with van der Waals surface area (Å²) in [6, 6.07) is 0. The van der Waals surface area contributed by atoms with E-state index in [0.717, 1.165) is 25.2 Å². The maximum absolute atomic E-state index is 12.0. The van der Waals surface area contributed by atoms with Gasteiger partial charge in [-0.15, -0.1) is 0 Å². The van der Waals surface area contributed by atoms with Crippen molar-refractivity contribution in [2.75, 3.05) is 0 Å². The minimum atomic E-state index is -0.603. The van der Waals surface area contributed by atoms with Crippen LogP contribution in [0.1, 0.15) is 121 Å². The molecule has 0 saturated heterocycles. The number of hydrogen-bond acceptors (Lipinski definition) is 2. The van der Waals surface area contributed by atoms with Gasteiger partial charge in [0, 0.05) is 5.41 Å². The van der Waals surface area contributed by atoms with Crippen LogP contribution in [0.3, 0.4) is 0 Å². The molecule has 0 radical (unpaired) electrons. The predicted octanol–water partition coefficient (Wildman–Crippen LogP) is 8.02. The fraction of sp³-hybridized carbons (Fsp3) is 0.938. The van der Waals surface area contributed by atoms with E-state index in [2.05, 4.69) is 61.5 Å². The van der Waals surface area contributed by atoms with Crippen LogP contribution in [-0.4, -0.2) is 21.9 Å². The lowest BCUT2D eigenvalue weighted by Gasteiger charge is -2.67. The predicted molar refractivity (Wildman–Crippen MR) is 143 cm³/mol. The van der Waals surface area contributed by atoms with E-state index < -0.39 is 5.60 Å². The number of hydrogen-bond donors (Lipinski definition) is 2. The first-order valence-corrected chi connectivity index (χ1v) is 14.6. The van der Waals surface area contributed by atoms with Crippen molar-refractivity contribution in [1.29, 1.82) is 0 Å². The molecule has 0 aromatic carbocycles. The Labute approximate surface area is 211 Å². The largest absolute Gasteiger partial charge is 0.393 e. The summed E-state index contributed by atoms with van der Waals surface area (Å²) in [4.78, 5) is 0. The maximum atomic E-state index is 12.0. The standard InChI is InChI=1S/C32H56O2/c1-20(11-12-22(3)29(6,7)34)23-17-18-30(8)26-16-15-24-25(14-13-21(2)28(24,4)5)32(26,10)27(33)19-31(23,30)9/h15,20-23,25-27,33-34H,11-14,16-19H2,1-10H3/t20?,21-,22?,23?,25?,26?,27+,30-,31?,32?/m0/s1. The zero-order valence-corrected chi connectivity index (χ0v) is 24.2. The van der Waals surface area contributed by atoms with Gasteiger partial charge in [0.25, 0.3) is 0 Å². The summed E-state index contributed by atoms with van der Waals surface area (Å²) >= 11 is 0. The van der Waals surface area contributed by atoms with E-state index in [1.807, 2.05) is 13.8 Å². The van der Waals surface area contributed by atoms with Crippen molar-refractivity contribution in [2.45, 2.75) is 132 Å². The molecule has 0 heterocycles. The van der Waals surface area contributed by atoms with Gasteiger partial charge in [-0.1, -0.05) is 73.5 Å². The Balaban J connectivity index is 1.63. The van der Waals surface area contributed by atoms with E-state index in [9.17, 15) is 10.2 Å². The minimum absolute atomic E-state index is 0.00328. The summed E-state index contributed by atoms with van der Waals surface area (Å²) < 4.78 is 0. The van der Waals surface area contributed by atoms with E-state index in [-0.39, 0.29) is 27.8 Å². The van der Waals surface area contributed by atoms with Crippen LogP contribution in [-0.2, 0) is 0 Å². The molecule has 4 rings (SSSR count). The molecule has 3 fully saturated rings. The molecular formula is C32H56O2. The van der Waals surface area contributed by atoms with Crippen LogP contribution < -0.4 is 0 Å². The fourth-order valence-corrected chi connectivity index (χ4v) is 9.91. The summed E-state index contributed by atoms with van der Waals surface area (Å²) in [5.41, 5.74) is 1.80. The van der Waals surface area contributed by atoms with E-state index >= 15 is 0 Å². The third-order valence-electron chi connectivity index (χ3n) is 13.5. The summed E-state index contributed by atoms with van der Waals surface area (Å²) in [6.45, 7) is 23.6. The normalized spacial score (nSPS) is 47.8. The minimum Gasteiger partial charge on any atom is -0.393 e. The summed E-state index contributed by atoms with van der Waals surface area (Å²) in [7, 11) is 0. The first-order chi connectivity index (χ1) is 15.5. The highest BCUT2D eigenvalue weighted by atomic mass is 16.3. The summed E-state index contributed by atoms with van der Waals surface area (Å²) in [5, 5.41) is 22.5. The molecule has 10 atom stereocenters. The highest BCUT2D eigenvalue weighted by Gasteiger charge is 2.69. The molecule has 196 valence electrons. The molecule has 2 nitrogen and oxygen atoms in total. The smallest absolute Gasteiger partial charge is 0.0617 e. The molecule has 0 aromatic rings. The van der Waals surface area contributed by atoms with Crippen LogP contribution in [0, 0.1) is 57.2 Å². The van der Waals surface area contributed by atoms with Gasteiger partial charge in [0.05, 0.1) is 11.7 Å². The van der Waals surface area contributed by atoms with Crippen molar-refractivity contribution in [2.24, 2.45) is 57.2 Å². The summed E-state index contributed by atoms with van der Waals surface area (Å²) in [6.07, 6.45) is 12.0. The lowest BCUT2D eigenvalue weighted by molar-refractivity contribution is -0.202. The van der Waals surface area contributed by atoms with Gasteiger partial charge in [0.2, 0.25) is 0 Å². The second kappa shape index (κ2) is 8.34. The molecule has 0 amide bonds. The molecule has 2 heteroatoms. The molecule has 3 saturated carbocycles. The van der Waals surface area contributed by atoms with Crippen LogP contribution in [0.4, 0.5) is 0 Å². The molecule has 4 aliphatic carbocycles. The number of rotatable bonds is 5. The highest BCUT2D eigenvalue weighted by molar-refractivity contribution is 5.31. The Morgan fingerprint density at radius 2 is 1.65 bits per heavy atom. The Hall–Kier alpha value is -0.340. The van der Waals surface area contributed by atoms with Gasteiger partial charge in [0.15, 0.2) is 0 Å². The van der Waals surface area contributed by atoms with Gasteiger partial charge in [-0.25, -0.2) is 0 Å². The lowest BCUT2D eigenvalue weighted by atomic mass is 9.38. The highest BCUT2D eigenvalue weighted by Crippen LogP contribution is 2.75. The Morgan fingerprint density at radius 1 is 1.00 bits per heavy atom. The monoisotopic (exact) mass is 472 g/mol. The maximum Gasteiger partial charge on any atom is 0.0617 e. The molecule has 2 N–H and O–H groups in total. The van der Waals surface area contributed by atoms with Gasteiger partial charge < -0.3 is 10.2 Å². The van der Waals surface area contributed by atoms with Crippen molar-refractivity contribution in [3.63, 3.8) is 0 Å². The van der Waals surface area contributed by atoms with Crippen molar-refractivity contribution >= 4 is 0 Å². The van der Waals surface area contributed by atoms with E-state index in [0.29, 0.717) is 29.6 Å². The second-order valence-corrected chi connectivity index (χ2v) is 15.4. The van der Waals surface area contributed by atoms with Crippen LogP contribution in [0.15, 0.2) is 11.6 Å². The molecule has 0 spiro atoms.